The number of rotatable bonds is 5. The summed E-state index contributed by atoms with van der Waals surface area (Å²) < 4.78 is 0. The molecule has 116 valence electrons. The Labute approximate surface area is 133 Å². The normalized spacial score (nSPS) is 38.9. The molecule has 1 atom stereocenters. The third-order valence-corrected chi connectivity index (χ3v) is 7.39. The number of thiophene rings is 1. The number of aryl methyl sites for hydroxylation is 1. The molecular weight excluding hydrogens is 274 g/mol. The van der Waals surface area contributed by atoms with Gasteiger partial charge in [0.25, 0.3) is 0 Å². The van der Waals surface area contributed by atoms with E-state index in [4.69, 9.17) is 0 Å². The summed E-state index contributed by atoms with van der Waals surface area (Å²) in [6, 6.07) is 3.03. The minimum Gasteiger partial charge on any atom is -0.310 e. The van der Waals surface area contributed by atoms with Crippen molar-refractivity contribution in [2.24, 2.45) is 29.6 Å². The highest BCUT2D eigenvalue weighted by Crippen LogP contribution is 2.59. The van der Waals surface area contributed by atoms with Crippen molar-refractivity contribution in [2.75, 3.05) is 6.54 Å². The molecule has 1 unspecified atom stereocenters. The highest BCUT2D eigenvalue weighted by atomic mass is 32.1. The van der Waals surface area contributed by atoms with Crippen LogP contribution in [0.25, 0.3) is 0 Å². The van der Waals surface area contributed by atoms with Crippen LogP contribution in [0.5, 0.6) is 0 Å². The molecule has 1 aromatic rings. The first kappa shape index (κ1) is 14.3. The third kappa shape index (κ3) is 2.49. The van der Waals surface area contributed by atoms with Gasteiger partial charge < -0.3 is 5.32 Å². The Kier molecular flexibility index (Phi) is 3.87. The monoisotopic (exact) mass is 303 g/mol. The first-order chi connectivity index (χ1) is 10.3. The van der Waals surface area contributed by atoms with Gasteiger partial charge >= 0.3 is 0 Å². The minimum atomic E-state index is 0.631. The number of hydrogen-bond acceptors (Lipinski definition) is 2. The lowest BCUT2D eigenvalue weighted by Crippen LogP contribution is -2.49. The average Bonchev–Trinajstić information content (AvgIpc) is 2.87. The van der Waals surface area contributed by atoms with E-state index in [1.165, 1.54) is 43.5 Å². The van der Waals surface area contributed by atoms with Crippen molar-refractivity contribution in [1.29, 1.82) is 0 Å². The van der Waals surface area contributed by atoms with Gasteiger partial charge in [0, 0.05) is 10.9 Å². The van der Waals surface area contributed by atoms with Crippen LogP contribution in [0.15, 0.2) is 11.4 Å². The molecule has 4 saturated carbocycles. The lowest BCUT2D eigenvalue weighted by Gasteiger charge is -2.56. The van der Waals surface area contributed by atoms with Crippen LogP contribution < -0.4 is 5.32 Å². The molecule has 1 aromatic heterocycles. The van der Waals surface area contributed by atoms with Crippen LogP contribution in [0.4, 0.5) is 0 Å². The largest absolute Gasteiger partial charge is 0.310 e. The van der Waals surface area contributed by atoms with Gasteiger partial charge in [0.15, 0.2) is 0 Å². The zero-order valence-electron chi connectivity index (χ0n) is 13.5. The second kappa shape index (κ2) is 5.70. The van der Waals surface area contributed by atoms with Crippen molar-refractivity contribution < 1.29 is 0 Å². The first-order valence-corrected chi connectivity index (χ1v) is 9.91. The third-order valence-electron chi connectivity index (χ3n) is 6.53. The molecule has 0 spiro atoms. The summed E-state index contributed by atoms with van der Waals surface area (Å²) in [5.41, 5.74) is 1.62. The molecule has 4 aliphatic carbocycles. The maximum Gasteiger partial charge on any atom is 0.0364 e. The first-order valence-electron chi connectivity index (χ1n) is 9.03. The van der Waals surface area contributed by atoms with E-state index in [1.807, 2.05) is 11.3 Å². The van der Waals surface area contributed by atoms with E-state index in [0.717, 1.165) is 29.6 Å². The van der Waals surface area contributed by atoms with Gasteiger partial charge in [-0.05, 0) is 98.6 Å². The Hall–Kier alpha value is -0.340. The topological polar surface area (TPSA) is 12.0 Å². The SMILES string of the molecule is CCCNC(c1ccsc1C)C1C2CC3CC(C2)CC1C3. The van der Waals surface area contributed by atoms with Gasteiger partial charge in [-0.2, -0.15) is 0 Å². The van der Waals surface area contributed by atoms with Crippen molar-refractivity contribution in [3.05, 3.63) is 21.9 Å². The van der Waals surface area contributed by atoms with Crippen LogP contribution in [0.3, 0.4) is 0 Å². The summed E-state index contributed by atoms with van der Waals surface area (Å²) in [4.78, 5) is 1.54. The molecule has 2 heteroatoms. The van der Waals surface area contributed by atoms with Crippen molar-refractivity contribution >= 4 is 11.3 Å². The minimum absolute atomic E-state index is 0.631. The predicted octanol–water partition coefficient (Wildman–Crippen LogP) is 5.17. The Bertz CT molecular complexity index is 464. The van der Waals surface area contributed by atoms with Crippen molar-refractivity contribution in [2.45, 2.75) is 58.4 Å². The number of nitrogens with one attached hydrogen (secondary N) is 1. The fraction of sp³-hybridized carbons (Fsp3) is 0.789. The molecule has 0 aromatic carbocycles. The zero-order valence-corrected chi connectivity index (χ0v) is 14.3. The maximum absolute atomic E-state index is 3.95. The van der Waals surface area contributed by atoms with Crippen molar-refractivity contribution in [3.63, 3.8) is 0 Å². The smallest absolute Gasteiger partial charge is 0.0364 e. The molecule has 0 radical (unpaired) electrons. The van der Waals surface area contributed by atoms with Gasteiger partial charge in [-0.25, -0.2) is 0 Å². The van der Waals surface area contributed by atoms with Gasteiger partial charge in [0.05, 0.1) is 0 Å². The molecule has 5 rings (SSSR count). The van der Waals surface area contributed by atoms with E-state index in [2.05, 4.69) is 30.6 Å². The summed E-state index contributed by atoms with van der Waals surface area (Å²) in [5.74, 6) is 5.10. The molecule has 1 nitrogen and oxygen atoms in total. The van der Waals surface area contributed by atoms with Crippen LogP contribution in [0.2, 0.25) is 0 Å². The quantitative estimate of drug-likeness (QED) is 0.791. The highest BCUT2D eigenvalue weighted by Gasteiger charge is 2.50. The van der Waals surface area contributed by atoms with Gasteiger partial charge in [-0.1, -0.05) is 6.92 Å². The van der Waals surface area contributed by atoms with Crippen LogP contribution in [-0.4, -0.2) is 6.54 Å². The molecule has 1 N–H and O–H groups in total. The van der Waals surface area contributed by atoms with E-state index in [9.17, 15) is 0 Å². The van der Waals surface area contributed by atoms with Crippen molar-refractivity contribution in [1.82, 2.24) is 5.32 Å². The highest BCUT2D eigenvalue weighted by molar-refractivity contribution is 7.10. The molecule has 4 aliphatic rings. The molecule has 0 amide bonds. The lowest BCUT2D eigenvalue weighted by atomic mass is 9.50. The van der Waals surface area contributed by atoms with E-state index < -0.39 is 0 Å². The summed E-state index contributed by atoms with van der Waals surface area (Å²) in [5, 5.41) is 6.24. The molecule has 4 bridgehead atoms. The molecule has 4 fully saturated rings. The van der Waals surface area contributed by atoms with Crippen molar-refractivity contribution in [3.8, 4) is 0 Å². The fourth-order valence-corrected chi connectivity index (χ4v) is 6.73. The Balaban J connectivity index is 1.62. The zero-order chi connectivity index (χ0) is 14.4. The molecule has 0 aliphatic heterocycles. The van der Waals surface area contributed by atoms with Crippen LogP contribution in [0.1, 0.15) is 61.9 Å². The van der Waals surface area contributed by atoms with Gasteiger partial charge in [-0.3, -0.25) is 0 Å². The molecule has 0 saturated heterocycles. The van der Waals surface area contributed by atoms with Gasteiger partial charge in [0.1, 0.15) is 0 Å². The van der Waals surface area contributed by atoms with Gasteiger partial charge in [-0.15, -0.1) is 11.3 Å². The Morgan fingerprint density at radius 3 is 2.33 bits per heavy atom. The average molecular weight is 304 g/mol. The Morgan fingerprint density at radius 2 is 1.81 bits per heavy atom. The van der Waals surface area contributed by atoms with Crippen LogP contribution >= 0.6 is 11.3 Å². The van der Waals surface area contributed by atoms with E-state index in [-0.39, 0.29) is 0 Å². The van der Waals surface area contributed by atoms with E-state index >= 15 is 0 Å². The van der Waals surface area contributed by atoms with Crippen LogP contribution in [-0.2, 0) is 0 Å². The second-order valence-electron chi connectivity index (χ2n) is 7.87. The summed E-state index contributed by atoms with van der Waals surface area (Å²) >= 11 is 1.93. The van der Waals surface area contributed by atoms with Gasteiger partial charge in [0.2, 0.25) is 0 Å². The molecule has 1 heterocycles. The fourth-order valence-electron chi connectivity index (χ4n) is 5.98. The second-order valence-corrected chi connectivity index (χ2v) is 8.99. The summed E-state index contributed by atoms with van der Waals surface area (Å²) in [7, 11) is 0. The summed E-state index contributed by atoms with van der Waals surface area (Å²) in [6.07, 6.45) is 8.93. The standard InChI is InChI=1S/C19H29NS/c1-3-5-20-19(17-4-6-21-12(17)2)18-15-8-13-7-14(10-15)11-16(18)9-13/h4,6,13-16,18-20H,3,5,7-11H2,1-2H3. The Morgan fingerprint density at radius 1 is 1.14 bits per heavy atom. The lowest BCUT2D eigenvalue weighted by molar-refractivity contribution is -0.0525. The summed E-state index contributed by atoms with van der Waals surface area (Å²) in [6.45, 7) is 5.78. The molecule has 21 heavy (non-hydrogen) atoms. The number of hydrogen-bond donors (Lipinski definition) is 1. The van der Waals surface area contributed by atoms with E-state index in [0.29, 0.717) is 6.04 Å². The maximum atomic E-state index is 3.95. The predicted molar refractivity (Wildman–Crippen MR) is 90.6 cm³/mol. The van der Waals surface area contributed by atoms with Crippen LogP contribution in [0, 0.1) is 36.5 Å². The van der Waals surface area contributed by atoms with E-state index in [1.54, 1.807) is 12.0 Å². The molecular formula is C19H29NS.